The molecule has 11 nitrogen and oxygen atoms in total. The van der Waals surface area contributed by atoms with Gasteiger partial charge >= 0.3 is 0 Å². The summed E-state index contributed by atoms with van der Waals surface area (Å²) in [6.07, 6.45) is 17.3. The van der Waals surface area contributed by atoms with Crippen molar-refractivity contribution < 1.29 is 32.4 Å². The van der Waals surface area contributed by atoms with Crippen LogP contribution in [-0.4, -0.2) is 90.0 Å². The molecule has 6 atom stereocenters. The molecule has 7 aliphatic rings. The van der Waals surface area contributed by atoms with Crippen LogP contribution in [0.4, 0.5) is 0 Å². The molecule has 0 radical (unpaired) electrons. The maximum absolute atomic E-state index is 15.4. The van der Waals surface area contributed by atoms with Crippen LogP contribution in [-0.2, 0) is 34.0 Å². The van der Waals surface area contributed by atoms with Crippen LogP contribution in [0.25, 0.3) is 0 Å². The maximum atomic E-state index is 15.4. The second-order valence-electron chi connectivity index (χ2n) is 22.0. The molecule has 0 aromatic carbocycles. The van der Waals surface area contributed by atoms with Crippen molar-refractivity contribution in [3.8, 4) is 0 Å². The molecule has 2 saturated heterocycles. The van der Waals surface area contributed by atoms with Gasteiger partial charge in [-0.25, -0.2) is 8.42 Å². The number of rotatable bonds is 14. The molecule has 12 heteroatoms. The quantitative estimate of drug-likeness (QED) is 0.177. The maximum Gasteiger partial charge on any atom is 0.240 e. The minimum atomic E-state index is -3.82. The number of nitrogens with zero attached hydrogens (tertiary/aromatic N) is 2. The summed E-state index contributed by atoms with van der Waals surface area (Å²) < 4.78 is 28.4. The van der Waals surface area contributed by atoms with Gasteiger partial charge in [-0.05, 0) is 120 Å². The number of fused-ring (bicyclic) bond motifs is 1. The predicted octanol–water partition coefficient (Wildman–Crippen LogP) is 7.03. The van der Waals surface area contributed by atoms with E-state index in [0.29, 0.717) is 38.6 Å². The molecule has 6 fully saturated rings. The minimum absolute atomic E-state index is 0.0118. The molecule has 4 saturated carbocycles. The topological polar surface area (TPSA) is 150 Å². The summed E-state index contributed by atoms with van der Waals surface area (Å²) >= 11 is 0. The Labute approximate surface area is 354 Å². The third-order valence-corrected chi connectivity index (χ3v) is 19.0. The molecule has 3 amide bonds. The van der Waals surface area contributed by atoms with Gasteiger partial charge in [-0.2, -0.15) is 0 Å². The summed E-state index contributed by atoms with van der Waals surface area (Å²) in [7, 11) is -3.82. The summed E-state index contributed by atoms with van der Waals surface area (Å²) in [4.78, 5) is 77.4. The van der Waals surface area contributed by atoms with Crippen LogP contribution in [0.5, 0.6) is 0 Å². The van der Waals surface area contributed by atoms with Crippen LogP contribution in [0.1, 0.15) is 170 Å². The predicted molar refractivity (Wildman–Crippen MR) is 228 cm³/mol. The van der Waals surface area contributed by atoms with Crippen LogP contribution in [0.15, 0.2) is 12.2 Å². The number of piperidine rings is 1. The molecular formula is C47H74N4O7S. The third-order valence-electron chi connectivity index (χ3n) is 17.1. The molecule has 2 N–H and O–H groups in total. The number of ketones is 2. The van der Waals surface area contributed by atoms with Crippen LogP contribution >= 0.6 is 0 Å². The highest BCUT2D eigenvalue weighted by molar-refractivity contribution is 7.90. The Hall–Kier alpha value is -2.60. The SMILES string of the molecule is CC(C)N1CCCCC1C(=O)N[C@H](C(=O)C[C@H](C(=O)N1C[C@]2(C[C@H]1C(=O)C[C@]1(C(=O)NS(=O)(=O)C3CC3)CC=CCC1)C(C)(C)C21CCC1)C(C)(C)C)C1CCCCC1. The molecule has 0 bridgehead atoms. The number of Topliss-reactive ketones (excluding diaryl/α,β-unsaturated/α-hetero) is 2. The largest absolute Gasteiger partial charge is 0.345 e. The smallest absolute Gasteiger partial charge is 0.240 e. The first-order valence-corrected chi connectivity index (χ1v) is 24.9. The van der Waals surface area contributed by atoms with E-state index in [0.717, 1.165) is 77.2 Å². The minimum Gasteiger partial charge on any atom is -0.345 e. The lowest BCUT2D eigenvalue weighted by atomic mass is 9.71. The zero-order valence-corrected chi connectivity index (χ0v) is 38.0. The Morgan fingerprint density at radius 3 is 2.07 bits per heavy atom. The number of nitrogens with one attached hydrogen (secondary N) is 2. The molecule has 1 unspecified atom stereocenters. The number of carbonyl (C=O) groups is 5. The Bertz CT molecular complexity index is 1800. The summed E-state index contributed by atoms with van der Waals surface area (Å²) in [6.45, 7) is 16.0. The Morgan fingerprint density at radius 1 is 0.831 bits per heavy atom. The van der Waals surface area contributed by atoms with Gasteiger partial charge < -0.3 is 10.2 Å². The van der Waals surface area contributed by atoms with Gasteiger partial charge in [0, 0.05) is 36.8 Å². The van der Waals surface area contributed by atoms with E-state index in [4.69, 9.17) is 0 Å². The highest BCUT2D eigenvalue weighted by Crippen LogP contribution is 2.88. The van der Waals surface area contributed by atoms with Crippen molar-refractivity contribution in [2.24, 2.45) is 38.9 Å². The summed E-state index contributed by atoms with van der Waals surface area (Å²) in [5, 5.41) is 2.72. The molecule has 330 valence electrons. The molecule has 7 rings (SSSR count). The fraction of sp³-hybridized carbons (Fsp3) is 0.851. The van der Waals surface area contributed by atoms with Crippen molar-refractivity contribution in [1.82, 2.24) is 19.8 Å². The van der Waals surface area contributed by atoms with Crippen molar-refractivity contribution in [3.05, 3.63) is 12.2 Å². The highest BCUT2D eigenvalue weighted by atomic mass is 32.2. The van der Waals surface area contributed by atoms with E-state index >= 15 is 4.79 Å². The second-order valence-corrected chi connectivity index (χ2v) is 23.9. The Kier molecular flexibility index (Phi) is 12.3. The zero-order valence-electron chi connectivity index (χ0n) is 37.2. The van der Waals surface area contributed by atoms with E-state index in [1.165, 1.54) is 0 Å². The number of hydrogen-bond donors (Lipinski definition) is 2. The molecule has 2 heterocycles. The first-order valence-electron chi connectivity index (χ1n) is 23.3. The van der Waals surface area contributed by atoms with Crippen LogP contribution in [0.2, 0.25) is 0 Å². The number of likely N-dealkylation sites (tertiary alicyclic amines) is 2. The standard InChI is InChI=1S/C47H74N4O7S/c1-31(2)50-26-15-12-19-35(50)40(54)48-39(32-17-10-8-11-18-32)37(52)27-34(43(3,4)5)41(55)51-30-47(44(6,7)46(47)24-16-25-46)28-36(51)38(53)29-45(22-13-9-14-23-45)42(56)49-59(57,58)33-20-21-33/h9,13,31-36,39H,8,10-12,14-30H2,1-7H3,(H,48,54)(H,49,56)/t34-,35?,36+,39+,45+,47-/m1/s1. The molecule has 0 aromatic heterocycles. The number of allylic oxidation sites excluding steroid dienone is 2. The number of carbonyl (C=O) groups excluding carboxylic acids is 5. The van der Waals surface area contributed by atoms with Crippen molar-refractivity contribution in [1.29, 1.82) is 0 Å². The van der Waals surface area contributed by atoms with Crippen molar-refractivity contribution >= 4 is 39.3 Å². The van der Waals surface area contributed by atoms with Gasteiger partial charge in [0.05, 0.1) is 28.8 Å². The normalized spacial score (nSPS) is 31.8. The number of hydrogen-bond acceptors (Lipinski definition) is 8. The van der Waals surface area contributed by atoms with Crippen LogP contribution in [0.3, 0.4) is 0 Å². The Balaban J connectivity index is 1.16. The lowest BCUT2D eigenvalue weighted by Gasteiger charge is -2.40. The van der Waals surface area contributed by atoms with Crippen LogP contribution in [0, 0.1) is 38.9 Å². The molecule has 2 aliphatic heterocycles. The van der Waals surface area contributed by atoms with E-state index in [9.17, 15) is 27.6 Å². The first-order chi connectivity index (χ1) is 27.7. The third kappa shape index (κ3) is 8.01. The van der Waals surface area contributed by atoms with Gasteiger partial charge in [0.2, 0.25) is 27.7 Å². The first kappa shape index (κ1) is 44.5. The molecular weight excluding hydrogens is 765 g/mol. The van der Waals surface area contributed by atoms with E-state index < -0.39 is 50.0 Å². The molecule has 59 heavy (non-hydrogen) atoms. The lowest BCUT2D eigenvalue weighted by Crippen LogP contribution is -2.57. The molecule has 2 spiro atoms. The summed E-state index contributed by atoms with van der Waals surface area (Å²) in [5.74, 6) is -1.94. The monoisotopic (exact) mass is 839 g/mol. The number of amides is 3. The van der Waals surface area contributed by atoms with Crippen molar-refractivity contribution in [3.63, 3.8) is 0 Å². The average molecular weight is 839 g/mol. The summed E-state index contributed by atoms with van der Waals surface area (Å²) in [6, 6.07) is -1.53. The number of sulfonamides is 1. The fourth-order valence-electron chi connectivity index (χ4n) is 12.9. The van der Waals surface area contributed by atoms with E-state index in [1.54, 1.807) is 4.90 Å². The van der Waals surface area contributed by atoms with Crippen molar-refractivity contribution in [2.75, 3.05) is 13.1 Å². The van der Waals surface area contributed by atoms with E-state index in [2.05, 4.69) is 42.6 Å². The van der Waals surface area contributed by atoms with E-state index in [-0.39, 0.29) is 76.9 Å². The van der Waals surface area contributed by atoms with Crippen molar-refractivity contribution in [2.45, 2.75) is 200 Å². The van der Waals surface area contributed by atoms with Gasteiger partial charge in [-0.1, -0.05) is 78.9 Å². The molecule has 5 aliphatic carbocycles. The fourth-order valence-corrected chi connectivity index (χ4v) is 14.3. The highest BCUT2D eigenvalue weighted by Gasteiger charge is 2.85. The van der Waals surface area contributed by atoms with Crippen LogP contribution < -0.4 is 10.0 Å². The van der Waals surface area contributed by atoms with Gasteiger partial charge in [0.1, 0.15) is 0 Å². The van der Waals surface area contributed by atoms with Gasteiger partial charge in [-0.3, -0.25) is 33.6 Å². The Morgan fingerprint density at radius 2 is 1.51 bits per heavy atom. The average Bonchev–Trinajstić information content (AvgIpc) is 4.04. The van der Waals surface area contributed by atoms with Gasteiger partial charge in [-0.15, -0.1) is 0 Å². The second kappa shape index (κ2) is 16.3. The van der Waals surface area contributed by atoms with Gasteiger partial charge in [0.25, 0.3) is 0 Å². The van der Waals surface area contributed by atoms with Gasteiger partial charge in [0.15, 0.2) is 11.6 Å². The zero-order chi connectivity index (χ0) is 42.8. The lowest BCUT2D eigenvalue weighted by molar-refractivity contribution is -0.147. The molecule has 0 aromatic rings. The summed E-state index contributed by atoms with van der Waals surface area (Å²) in [5.41, 5.74) is -2.15. The van der Waals surface area contributed by atoms with E-state index in [1.807, 2.05) is 32.9 Å².